The molecular formula is C11H13NO2W2. The molecule has 0 saturated heterocycles. The van der Waals surface area contributed by atoms with Gasteiger partial charge in [-0.05, 0) is 0 Å². The molecule has 0 aromatic carbocycles. The first-order chi connectivity index (χ1) is 7.50. The number of hydrogen-bond acceptors (Lipinski definition) is 2. The van der Waals surface area contributed by atoms with Gasteiger partial charge in [0.2, 0.25) is 0 Å². The van der Waals surface area contributed by atoms with Crippen LogP contribution in [0, 0.1) is 5.92 Å². The summed E-state index contributed by atoms with van der Waals surface area (Å²) in [5.41, 5.74) is 0.982. The molecule has 1 heterocycles. The molecule has 0 aliphatic heterocycles. The molecule has 1 unspecified atom stereocenters. The molecule has 5 heteroatoms. The van der Waals surface area contributed by atoms with E-state index in [0.29, 0.717) is 5.92 Å². The molecule has 86 valence electrons. The topological polar surface area (TPSA) is 35.1 Å². The standard InChI is InChI=1S/C11H13NO2.2W/c1-3-8-5-6-9-10(7-8)14-12(4-2)11(9)13;;/h8H,5-7H2,1-2H3;;. The summed E-state index contributed by atoms with van der Waals surface area (Å²) in [6, 6.07) is 0. The van der Waals surface area contributed by atoms with Gasteiger partial charge in [0.25, 0.3) is 0 Å². The van der Waals surface area contributed by atoms with Crippen molar-refractivity contribution in [3.63, 3.8) is 0 Å². The van der Waals surface area contributed by atoms with E-state index in [1.165, 1.54) is 28.0 Å². The molecule has 0 N–H and O–H groups in total. The maximum absolute atomic E-state index is 12.0. The third-order valence-corrected chi connectivity index (χ3v) is 4.81. The van der Waals surface area contributed by atoms with Crippen molar-refractivity contribution in [3.8, 4) is 0 Å². The van der Waals surface area contributed by atoms with Gasteiger partial charge in [0, 0.05) is 0 Å². The van der Waals surface area contributed by atoms with Crippen LogP contribution in [0.25, 0.3) is 0 Å². The van der Waals surface area contributed by atoms with Crippen LogP contribution >= 0.6 is 0 Å². The van der Waals surface area contributed by atoms with Crippen LogP contribution in [0.1, 0.15) is 31.6 Å². The quantitative estimate of drug-likeness (QED) is 0.539. The fraction of sp³-hybridized carbons (Fsp3) is 0.545. The van der Waals surface area contributed by atoms with Gasteiger partial charge in [0.1, 0.15) is 0 Å². The minimum atomic E-state index is 0.0713. The zero-order chi connectivity index (χ0) is 11.9. The summed E-state index contributed by atoms with van der Waals surface area (Å²) in [6.45, 7) is 4.13. The third-order valence-electron chi connectivity index (χ3n) is 3.02. The van der Waals surface area contributed by atoms with E-state index in [1.807, 2.05) is 6.92 Å². The van der Waals surface area contributed by atoms with Crippen LogP contribution in [-0.2, 0) is 51.5 Å². The van der Waals surface area contributed by atoms with Crippen molar-refractivity contribution in [2.75, 3.05) is 0 Å². The van der Waals surface area contributed by atoms with Crippen LogP contribution in [0.4, 0.5) is 0 Å². The average molecular weight is 559 g/mol. The molecule has 2 rings (SSSR count). The van der Waals surface area contributed by atoms with Gasteiger partial charge < -0.3 is 0 Å². The SMILES string of the molecule is C[C](=[W])C1CCc2c(on([C](C)=[W])c2=O)C1. The van der Waals surface area contributed by atoms with Crippen molar-refractivity contribution >= 4 is 7.92 Å². The zero-order valence-corrected chi connectivity index (χ0v) is 15.1. The normalized spacial score (nSPS) is 19.2. The van der Waals surface area contributed by atoms with Crippen LogP contribution in [-0.4, -0.2) is 12.7 Å². The summed E-state index contributed by atoms with van der Waals surface area (Å²) in [4.78, 5) is 12.0. The average Bonchev–Trinajstić information content (AvgIpc) is 2.55. The van der Waals surface area contributed by atoms with Gasteiger partial charge in [-0.25, -0.2) is 0 Å². The van der Waals surface area contributed by atoms with Gasteiger partial charge in [0.05, 0.1) is 0 Å². The summed E-state index contributed by atoms with van der Waals surface area (Å²) >= 11 is 2.83. The Morgan fingerprint density at radius 1 is 1.44 bits per heavy atom. The van der Waals surface area contributed by atoms with Gasteiger partial charge in [-0.3, -0.25) is 0 Å². The van der Waals surface area contributed by atoms with Crippen molar-refractivity contribution < 1.29 is 43.2 Å². The number of aromatic nitrogens is 1. The van der Waals surface area contributed by atoms with E-state index < -0.39 is 0 Å². The van der Waals surface area contributed by atoms with E-state index in [-0.39, 0.29) is 5.56 Å². The van der Waals surface area contributed by atoms with Crippen molar-refractivity contribution in [3.05, 3.63) is 21.7 Å². The second-order valence-corrected chi connectivity index (χ2v) is 8.60. The van der Waals surface area contributed by atoms with E-state index >= 15 is 0 Å². The Hall–Kier alpha value is 0.127. The summed E-state index contributed by atoms with van der Waals surface area (Å²) in [6.07, 6.45) is 2.89. The molecule has 3 nitrogen and oxygen atoms in total. The monoisotopic (exact) mass is 559 g/mol. The molecule has 0 amide bonds. The first-order valence-corrected chi connectivity index (χ1v) is 8.19. The van der Waals surface area contributed by atoms with Crippen molar-refractivity contribution in [2.45, 2.75) is 33.1 Å². The minimum absolute atomic E-state index is 0.0713. The molecule has 0 spiro atoms. The van der Waals surface area contributed by atoms with Gasteiger partial charge in [-0.15, -0.1) is 0 Å². The number of fused-ring (bicyclic) bond motifs is 1. The Balaban J connectivity index is 2.41. The molecular weight excluding hydrogens is 546 g/mol. The summed E-state index contributed by atoms with van der Waals surface area (Å²) in [5, 5.41) is 0. The molecule has 1 aliphatic rings. The Kier molecular flexibility index (Phi) is 3.76. The van der Waals surface area contributed by atoms with E-state index in [1.54, 1.807) is 19.4 Å². The molecule has 1 atom stereocenters. The Labute approximate surface area is 116 Å². The fourth-order valence-electron chi connectivity index (χ4n) is 2.05. The second-order valence-electron chi connectivity index (χ2n) is 4.16. The van der Waals surface area contributed by atoms with E-state index in [4.69, 9.17) is 4.52 Å². The van der Waals surface area contributed by atoms with E-state index in [2.05, 4.69) is 6.92 Å². The predicted octanol–water partition coefficient (Wildman–Crippen LogP) is 0.830. The summed E-state index contributed by atoms with van der Waals surface area (Å²) < 4.78 is 9.64. The number of rotatable bonds is 2. The van der Waals surface area contributed by atoms with Gasteiger partial charge in [-0.2, -0.15) is 0 Å². The first kappa shape index (κ1) is 12.6. The molecule has 0 saturated carbocycles. The molecule has 0 fully saturated rings. The van der Waals surface area contributed by atoms with E-state index in [9.17, 15) is 4.79 Å². The summed E-state index contributed by atoms with van der Waals surface area (Å²) in [7, 11) is 0. The Bertz CT molecular complexity index is 513. The molecule has 1 aromatic heterocycles. The third kappa shape index (κ3) is 2.22. The first-order valence-electron chi connectivity index (χ1n) is 5.26. The van der Waals surface area contributed by atoms with Crippen LogP contribution < -0.4 is 5.56 Å². The van der Waals surface area contributed by atoms with Crippen molar-refractivity contribution in [1.82, 2.24) is 4.74 Å². The Morgan fingerprint density at radius 2 is 2.12 bits per heavy atom. The molecule has 16 heavy (non-hydrogen) atoms. The molecule has 1 aliphatic carbocycles. The van der Waals surface area contributed by atoms with Crippen LogP contribution in [0.15, 0.2) is 9.32 Å². The van der Waals surface area contributed by atoms with Gasteiger partial charge >= 0.3 is 117 Å². The Morgan fingerprint density at radius 3 is 2.69 bits per heavy atom. The fourth-order valence-corrected chi connectivity index (χ4v) is 3.21. The predicted molar refractivity (Wildman–Crippen MR) is 55.2 cm³/mol. The molecule has 0 radical (unpaired) electrons. The van der Waals surface area contributed by atoms with Crippen molar-refractivity contribution in [1.29, 1.82) is 0 Å². The maximum atomic E-state index is 12.0. The van der Waals surface area contributed by atoms with Crippen LogP contribution in [0.2, 0.25) is 0 Å². The van der Waals surface area contributed by atoms with Crippen molar-refractivity contribution in [2.24, 2.45) is 5.92 Å². The van der Waals surface area contributed by atoms with Crippen LogP contribution in [0.5, 0.6) is 0 Å². The number of hydrogen-bond donors (Lipinski definition) is 0. The second kappa shape index (κ2) is 4.78. The van der Waals surface area contributed by atoms with Gasteiger partial charge in [-0.1, -0.05) is 0 Å². The van der Waals surface area contributed by atoms with E-state index in [0.717, 1.165) is 34.6 Å². The summed E-state index contributed by atoms with van der Waals surface area (Å²) in [5.74, 6) is 1.54. The number of nitrogens with zero attached hydrogens (tertiary/aromatic N) is 1. The van der Waals surface area contributed by atoms with Crippen LogP contribution in [0.3, 0.4) is 0 Å². The molecule has 1 aromatic rings. The van der Waals surface area contributed by atoms with Gasteiger partial charge in [0.15, 0.2) is 0 Å². The zero-order valence-electron chi connectivity index (χ0n) is 9.28. The molecule has 0 bridgehead atoms.